The van der Waals surface area contributed by atoms with Gasteiger partial charge < -0.3 is 30.3 Å². The molecule has 48 heavy (non-hydrogen) atoms. The van der Waals surface area contributed by atoms with E-state index >= 15 is 0 Å². The highest BCUT2D eigenvalue weighted by molar-refractivity contribution is 7.99. The minimum atomic E-state index is -0.673. The molecule has 4 bridgehead atoms. The van der Waals surface area contributed by atoms with Crippen LogP contribution in [0.5, 0.6) is 5.75 Å². The van der Waals surface area contributed by atoms with Gasteiger partial charge >= 0.3 is 6.03 Å². The van der Waals surface area contributed by atoms with Gasteiger partial charge in [-0.1, -0.05) is 48.2 Å². The standard InChI is InChI=1S/C36H40N6O5S/c43-20-22-4-6-26(7-5-22)32-16-31(21-48-35-39-40-41-42(35)29-8-10-30(44)11-9-29)46-33(47-32)27-2-1-3-28(15-27)37-34(45)38-36-17-23-12-24(18-36)14-25(13-23)19-36/h1-11,15,23-25,31-33,43-44H,12-14,16-21H2,(H2,37,38,45). The van der Waals surface area contributed by atoms with E-state index in [9.17, 15) is 15.0 Å². The Kier molecular flexibility index (Phi) is 8.58. The molecule has 5 aliphatic rings. The van der Waals surface area contributed by atoms with Crippen LogP contribution in [-0.4, -0.2) is 53.8 Å². The van der Waals surface area contributed by atoms with Crippen molar-refractivity contribution >= 4 is 23.5 Å². The molecule has 4 aliphatic carbocycles. The van der Waals surface area contributed by atoms with Gasteiger partial charge in [-0.3, -0.25) is 0 Å². The van der Waals surface area contributed by atoms with Gasteiger partial charge in [-0.15, -0.1) is 5.10 Å². The number of phenols is 1. The number of anilines is 1. The Bertz CT molecular complexity index is 1710. The number of aliphatic hydroxyl groups excluding tert-OH is 1. The van der Waals surface area contributed by atoms with Crippen LogP contribution in [0.1, 0.15) is 74.0 Å². The van der Waals surface area contributed by atoms with Crippen LogP contribution in [0.3, 0.4) is 0 Å². The van der Waals surface area contributed by atoms with E-state index in [0.29, 0.717) is 23.0 Å². The number of carbonyl (C=O) groups is 1. The van der Waals surface area contributed by atoms with E-state index in [4.69, 9.17) is 9.47 Å². The van der Waals surface area contributed by atoms with Crippen LogP contribution in [0.25, 0.3) is 5.69 Å². The molecule has 4 saturated carbocycles. The first-order valence-electron chi connectivity index (χ1n) is 16.8. The molecule has 3 aromatic carbocycles. The topological polar surface area (TPSA) is 144 Å². The van der Waals surface area contributed by atoms with Gasteiger partial charge in [0, 0.05) is 29.0 Å². The van der Waals surface area contributed by atoms with E-state index < -0.39 is 6.29 Å². The minimum Gasteiger partial charge on any atom is -0.508 e. The number of urea groups is 1. The number of ether oxygens (including phenoxy) is 2. The smallest absolute Gasteiger partial charge is 0.319 e. The number of hydrogen-bond donors (Lipinski definition) is 4. The summed E-state index contributed by atoms with van der Waals surface area (Å²) in [5.74, 6) is 2.98. The van der Waals surface area contributed by atoms with Crippen LogP contribution in [0, 0.1) is 17.8 Å². The Morgan fingerprint density at radius 2 is 1.65 bits per heavy atom. The third kappa shape index (κ3) is 6.67. The predicted octanol–water partition coefficient (Wildman–Crippen LogP) is 6.29. The van der Waals surface area contributed by atoms with Crippen molar-refractivity contribution in [3.63, 3.8) is 0 Å². The van der Waals surface area contributed by atoms with E-state index in [-0.39, 0.29) is 36.1 Å². The van der Waals surface area contributed by atoms with Gasteiger partial charge in [0.25, 0.3) is 0 Å². The van der Waals surface area contributed by atoms with Gasteiger partial charge in [-0.05, 0) is 114 Å². The molecular formula is C36H40N6O5S. The Balaban J connectivity index is 0.980. The highest BCUT2D eigenvalue weighted by atomic mass is 32.2. The fraction of sp³-hybridized carbons (Fsp3) is 0.444. The van der Waals surface area contributed by atoms with Gasteiger partial charge in [0.15, 0.2) is 6.29 Å². The van der Waals surface area contributed by atoms with Crippen molar-refractivity contribution in [2.45, 2.75) is 80.7 Å². The molecule has 4 N–H and O–H groups in total. The van der Waals surface area contributed by atoms with E-state index in [2.05, 4.69) is 26.2 Å². The number of tetrazole rings is 1. The maximum atomic E-state index is 13.3. The molecule has 1 saturated heterocycles. The number of benzene rings is 3. The number of nitrogens with one attached hydrogen (secondary N) is 2. The first-order chi connectivity index (χ1) is 23.4. The number of phenolic OH excluding ortho intramolecular Hbond substituents is 1. The maximum absolute atomic E-state index is 13.3. The SMILES string of the molecule is O=C(Nc1cccc(C2OC(CSc3nnnn3-c3ccc(O)cc3)CC(c3ccc(CO)cc3)O2)c1)NC12CC3CC(CC(C3)C1)C2. The van der Waals surface area contributed by atoms with Crippen molar-refractivity contribution in [2.24, 2.45) is 17.8 Å². The van der Waals surface area contributed by atoms with E-state index in [0.717, 1.165) is 59.4 Å². The molecular weight excluding hydrogens is 629 g/mol. The van der Waals surface area contributed by atoms with Crippen LogP contribution in [0.4, 0.5) is 10.5 Å². The largest absolute Gasteiger partial charge is 0.508 e. The highest BCUT2D eigenvalue weighted by Crippen LogP contribution is 2.55. The number of rotatable bonds is 9. The third-order valence-corrected chi connectivity index (χ3v) is 11.4. The zero-order chi connectivity index (χ0) is 32.7. The van der Waals surface area contributed by atoms with E-state index in [1.165, 1.54) is 31.0 Å². The fourth-order valence-electron chi connectivity index (χ4n) is 8.64. The summed E-state index contributed by atoms with van der Waals surface area (Å²) in [6, 6.07) is 22.0. The van der Waals surface area contributed by atoms with Gasteiger partial charge in [0.05, 0.1) is 24.5 Å². The molecule has 5 fully saturated rings. The normalized spacial score (nSPS) is 29.1. The minimum absolute atomic E-state index is 0.0250. The van der Waals surface area contributed by atoms with Crippen molar-refractivity contribution < 1.29 is 24.5 Å². The summed E-state index contributed by atoms with van der Waals surface area (Å²) in [7, 11) is 0. The molecule has 0 spiro atoms. The molecule has 9 rings (SSSR count). The van der Waals surface area contributed by atoms with Crippen LogP contribution in [0.2, 0.25) is 0 Å². The molecule has 11 nitrogen and oxygen atoms in total. The molecule has 1 aliphatic heterocycles. The molecule has 2 amide bonds. The molecule has 250 valence electrons. The lowest BCUT2D eigenvalue weighted by atomic mass is 9.53. The van der Waals surface area contributed by atoms with Gasteiger partial charge in [-0.2, -0.15) is 4.68 Å². The highest BCUT2D eigenvalue weighted by Gasteiger charge is 2.51. The first-order valence-corrected chi connectivity index (χ1v) is 17.8. The first kappa shape index (κ1) is 31.3. The fourth-order valence-corrected chi connectivity index (χ4v) is 9.55. The molecule has 4 aromatic rings. The van der Waals surface area contributed by atoms with Crippen LogP contribution in [-0.2, 0) is 16.1 Å². The van der Waals surface area contributed by atoms with Crippen molar-refractivity contribution in [3.05, 3.63) is 89.5 Å². The Morgan fingerprint density at radius 3 is 2.35 bits per heavy atom. The number of carbonyl (C=O) groups excluding carboxylic acids is 1. The van der Waals surface area contributed by atoms with Gasteiger partial charge in [-0.25, -0.2) is 4.79 Å². The lowest BCUT2D eigenvalue weighted by Gasteiger charge is -2.56. The van der Waals surface area contributed by atoms with Gasteiger partial charge in [0.1, 0.15) is 5.75 Å². The summed E-state index contributed by atoms with van der Waals surface area (Å²) >= 11 is 1.48. The molecule has 2 heterocycles. The lowest BCUT2D eigenvalue weighted by Crippen LogP contribution is -2.60. The Hall–Kier alpha value is -3.97. The third-order valence-electron chi connectivity index (χ3n) is 10.4. The average molecular weight is 669 g/mol. The lowest BCUT2D eigenvalue weighted by molar-refractivity contribution is -0.245. The number of aromatic hydroxyl groups is 1. The van der Waals surface area contributed by atoms with Crippen molar-refractivity contribution in [2.75, 3.05) is 11.1 Å². The summed E-state index contributed by atoms with van der Waals surface area (Å²) in [5.41, 5.74) is 4.00. The molecule has 12 heteroatoms. The van der Waals surface area contributed by atoms with Crippen LogP contribution >= 0.6 is 11.8 Å². The molecule has 3 unspecified atom stereocenters. The van der Waals surface area contributed by atoms with Crippen LogP contribution in [0.15, 0.2) is 78.0 Å². The Labute approximate surface area is 283 Å². The number of hydrogen-bond acceptors (Lipinski definition) is 9. The second-order valence-corrected chi connectivity index (χ2v) is 14.9. The zero-order valence-corrected chi connectivity index (χ0v) is 27.4. The number of nitrogens with zero attached hydrogens (tertiary/aromatic N) is 4. The van der Waals surface area contributed by atoms with Crippen molar-refractivity contribution in [3.8, 4) is 11.4 Å². The van der Waals surface area contributed by atoms with Crippen molar-refractivity contribution in [1.82, 2.24) is 25.5 Å². The van der Waals surface area contributed by atoms with Crippen LogP contribution < -0.4 is 10.6 Å². The molecule has 1 aromatic heterocycles. The summed E-state index contributed by atoms with van der Waals surface area (Å²) in [4.78, 5) is 13.3. The number of amides is 2. The second-order valence-electron chi connectivity index (χ2n) is 14.0. The van der Waals surface area contributed by atoms with E-state index in [1.54, 1.807) is 28.9 Å². The molecule has 3 atom stereocenters. The zero-order valence-electron chi connectivity index (χ0n) is 26.6. The second kappa shape index (κ2) is 13.1. The summed E-state index contributed by atoms with van der Waals surface area (Å²) < 4.78 is 14.8. The van der Waals surface area contributed by atoms with Crippen molar-refractivity contribution in [1.29, 1.82) is 0 Å². The monoisotopic (exact) mass is 668 g/mol. The average Bonchev–Trinajstić information content (AvgIpc) is 3.55. The predicted molar refractivity (Wildman–Crippen MR) is 179 cm³/mol. The maximum Gasteiger partial charge on any atom is 0.319 e. The Morgan fingerprint density at radius 1 is 0.917 bits per heavy atom. The van der Waals surface area contributed by atoms with E-state index in [1.807, 2.05) is 48.5 Å². The molecule has 0 radical (unpaired) electrons. The summed E-state index contributed by atoms with van der Waals surface area (Å²) in [6.07, 6.45) is 6.73. The number of thioether (sulfide) groups is 1. The van der Waals surface area contributed by atoms with Gasteiger partial charge in [0.2, 0.25) is 5.16 Å². The summed E-state index contributed by atoms with van der Waals surface area (Å²) in [5, 5.41) is 38.6. The number of aliphatic hydroxyl groups is 1. The quantitative estimate of drug-likeness (QED) is 0.151. The number of aromatic nitrogens is 4. The summed E-state index contributed by atoms with van der Waals surface area (Å²) in [6.45, 7) is -0.0250.